The lowest BCUT2D eigenvalue weighted by atomic mass is 10.1. The maximum atomic E-state index is 12.0. The highest BCUT2D eigenvalue weighted by molar-refractivity contribution is 5.76. The number of nitrogens with one attached hydrogen (secondary N) is 3. The van der Waals surface area contributed by atoms with E-state index in [-0.39, 0.29) is 5.91 Å². The van der Waals surface area contributed by atoms with Crippen molar-refractivity contribution >= 4 is 23.4 Å². The largest absolute Gasteiger partial charge is 0.368 e. The molecule has 0 saturated heterocycles. The van der Waals surface area contributed by atoms with Crippen LogP contribution in [-0.2, 0) is 11.2 Å². The molecule has 3 N–H and O–H groups in total. The van der Waals surface area contributed by atoms with Gasteiger partial charge in [-0.2, -0.15) is 0 Å². The number of hydrogen-bond acceptors (Lipinski definition) is 6. The number of carbonyl (C=O) groups is 1. The molecule has 0 aliphatic heterocycles. The van der Waals surface area contributed by atoms with Gasteiger partial charge in [0.2, 0.25) is 5.91 Å². The van der Waals surface area contributed by atoms with E-state index in [0.717, 1.165) is 17.8 Å². The molecule has 0 fully saturated rings. The molecule has 0 bridgehead atoms. The van der Waals surface area contributed by atoms with E-state index < -0.39 is 0 Å². The smallest absolute Gasteiger partial charge is 0.220 e. The Hall–Kier alpha value is -3.48. The normalized spacial score (nSPS) is 10.4. The number of carbonyl (C=O) groups excluding carboxylic acids is 1. The SMILES string of the molecule is Cc1cccc(CCC(=O)NCCNc2cc(Nc3cc(C)ccn3)ncn2)c1. The van der Waals surface area contributed by atoms with E-state index in [9.17, 15) is 4.79 Å². The zero-order valence-corrected chi connectivity index (χ0v) is 16.8. The van der Waals surface area contributed by atoms with Crippen molar-refractivity contribution in [3.8, 4) is 0 Å². The standard InChI is InChI=1S/C22H26N6O/c1-16-4-3-5-18(12-16)6-7-22(29)25-11-10-24-19-14-21(27-15-26-19)28-20-13-17(2)8-9-23-20/h3-5,8-9,12-15H,6-7,10-11H2,1-2H3,(H,25,29)(H2,23,24,26,27,28). The third kappa shape index (κ3) is 6.88. The van der Waals surface area contributed by atoms with Gasteiger partial charge in [-0.25, -0.2) is 15.0 Å². The van der Waals surface area contributed by atoms with Gasteiger partial charge in [-0.1, -0.05) is 29.8 Å². The minimum atomic E-state index is 0.0453. The Morgan fingerprint density at radius 3 is 2.52 bits per heavy atom. The van der Waals surface area contributed by atoms with Crippen LogP contribution in [0.25, 0.3) is 0 Å². The van der Waals surface area contributed by atoms with Crippen LogP contribution in [0.1, 0.15) is 23.1 Å². The molecule has 0 unspecified atom stereocenters. The van der Waals surface area contributed by atoms with Gasteiger partial charge in [0.15, 0.2) is 0 Å². The van der Waals surface area contributed by atoms with E-state index in [2.05, 4.69) is 56.0 Å². The van der Waals surface area contributed by atoms with Crippen molar-refractivity contribution in [1.29, 1.82) is 0 Å². The molecule has 29 heavy (non-hydrogen) atoms. The first-order valence-corrected chi connectivity index (χ1v) is 9.66. The fourth-order valence-corrected chi connectivity index (χ4v) is 2.86. The van der Waals surface area contributed by atoms with Gasteiger partial charge in [-0.3, -0.25) is 4.79 Å². The van der Waals surface area contributed by atoms with E-state index in [4.69, 9.17) is 0 Å². The third-order valence-corrected chi connectivity index (χ3v) is 4.32. The lowest BCUT2D eigenvalue weighted by Gasteiger charge is -2.09. The minimum Gasteiger partial charge on any atom is -0.368 e. The summed E-state index contributed by atoms with van der Waals surface area (Å²) < 4.78 is 0. The Kier molecular flexibility index (Phi) is 7.10. The molecule has 0 aliphatic carbocycles. The molecule has 2 heterocycles. The van der Waals surface area contributed by atoms with Crippen molar-refractivity contribution in [3.63, 3.8) is 0 Å². The molecular weight excluding hydrogens is 364 g/mol. The second-order valence-electron chi connectivity index (χ2n) is 6.90. The number of pyridine rings is 1. The van der Waals surface area contributed by atoms with Crippen molar-refractivity contribution in [2.24, 2.45) is 0 Å². The van der Waals surface area contributed by atoms with Crippen LogP contribution < -0.4 is 16.0 Å². The molecule has 7 heteroatoms. The number of nitrogens with zero attached hydrogens (tertiary/aromatic N) is 3. The highest BCUT2D eigenvalue weighted by Crippen LogP contribution is 2.14. The second kappa shape index (κ2) is 10.2. The summed E-state index contributed by atoms with van der Waals surface area (Å²) in [5, 5.41) is 9.28. The molecule has 3 rings (SSSR count). The van der Waals surface area contributed by atoms with Gasteiger partial charge in [-0.15, -0.1) is 0 Å². The number of hydrogen-bond donors (Lipinski definition) is 3. The molecule has 3 aromatic rings. The molecule has 0 spiro atoms. The summed E-state index contributed by atoms with van der Waals surface area (Å²) in [5.74, 6) is 2.12. The fraction of sp³-hybridized carbons (Fsp3) is 0.273. The average Bonchev–Trinajstić information content (AvgIpc) is 2.70. The van der Waals surface area contributed by atoms with E-state index in [1.165, 1.54) is 17.5 Å². The van der Waals surface area contributed by atoms with Gasteiger partial charge < -0.3 is 16.0 Å². The van der Waals surface area contributed by atoms with E-state index >= 15 is 0 Å². The molecule has 0 radical (unpaired) electrons. The van der Waals surface area contributed by atoms with Crippen LogP contribution in [0.4, 0.5) is 17.5 Å². The highest BCUT2D eigenvalue weighted by atomic mass is 16.1. The lowest BCUT2D eigenvalue weighted by Crippen LogP contribution is -2.29. The highest BCUT2D eigenvalue weighted by Gasteiger charge is 2.03. The Labute approximate surface area is 171 Å². The van der Waals surface area contributed by atoms with Gasteiger partial charge in [0.05, 0.1) is 0 Å². The van der Waals surface area contributed by atoms with E-state index in [0.29, 0.717) is 31.1 Å². The third-order valence-electron chi connectivity index (χ3n) is 4.32. The maximum Gasteiger partial charge on any atom is 0.220 e. The first-order valence-electron chi connectivity index (χ1n) is 9.66. The van der Waals surface area contributed by atoms with Gasteiger partial charge in [0.25, 0.3) is 0 Å². The molecule has 0 saturated carbocycles. The number of amides is 1. The topological polar surface area (TPSA) is 91.8 Å². The molecule has 1 amide bonds. The zero-order chi connectivity index (χ0) is 20.5. The lowest BCUT2D eigenvalue weighted by molar-refractivity contribution is -0.120. The van der Waals surface area contributed by atoms with Crippen molar-refractivity contribution < 1.29 is 4.79 Å². The maximum absolute atomic E-state index is 12.0. The van der Waals surface area contributed by atoms with Crippen LogP contribution in [-0.4, -0.2) is 33.9 Å². The zero-order valence-electron chi connectivity index (χ0n) is 16.8. The molecule has 2 aromatic heterocycles. The predicted molar refractivity (Wildman–Crippen MR) is 115 cm³/mol. The van der Waals surface area contributed by atoms with Crippen LogP contribution in [0.3, 0.4) is 0 Å². The number of benzene rings is 1. The van der Waals surface area contributed by atoms with Gasteiger partial charge in [0, 0.05) is 31.8 Å². The molecule has 0 aliphatic rings. The average molecular weight is 390 g/mol. The quantitative estimate of drug-likeness (QED) is 0.485. The van der Waals surface area contributed by atoms with E-state index in [1.807, 2.05) is 31.2 Å². The van der Waals surface area contributed by atoms with E-state index in [1.54, 1.807) is 6.20 Å². The van der Waals surface area contributed by atoms with Crippen molar-refractivity contribution in [1.82, 2.24) is 20.3 Å². The number of aryl methyl sites for hydroxylation is 3. The minimum absolute atomic E-state index is 0.0453. The predicted octanol–water partition coefficient (Wildman–Crippen LogP) is 3.39. The van der Waals surface area contributed by atoms with Gasteiger partial charge >= 0.3 is 0 Å². The molecule has 7 nitrogen and oxygen atoms in total. The summed E-state index contributed by atoms with van der Waals surface area (Å²) in [6.07, 6.45) is 4.46. The van der Waals surface area contributed by atoms with Crippen molar-refractivity contribution in [2.45, 2.75) is 26.7 Å². The molecular formula is C22H26N6O. The summed E-state index contributed by atoms with van der Waals surface area (Å²) in [7, 11) is 0. The number of anilines is 3. The summed E-state index contributed by atoms with van der Waals surface area (Å²) in [5.41, 5.74) is 3.51. The summed E-state index contributed by atoms with van der Waals surface area (Å²) in [6, 6.07) is 13.9. The summed E-state index contributed by atoms with van der Waals surface area (Å²) >= 11 is 0. The number of aromatic nitrogens is 3. The van der Waals surface area contributed by atoms with Crippen LogP contribution in [0, 0.1) is 13.8 Å². The Bertz CT molecular complexity index is 959. The molecule has 150 valence electrons. The molecule has 0 atom stereocenters. The summed E-state index contributed by atoms with van der Waals surface area (Å²) in [6.45, 7) is 5.17. The first-order chi connectivity index (χ1) is 14.1. The Morgan fingerprint density at radius 2 is 1.69 bits per heavy atom. The molecule has 1 aromatic carbocycles. The van der Waals surface area contributed by atoms with Crippen molar-refractivity contribution in [2.75, 3.05) is 23.7 Å². The monoisotopic (exact) mass is 390 g/mol. The summed E-state index contributed by atoms with van der Waals surface area (Å²) in [4.78, 5) is 24.7. The van der Waals surface area contributed by atoms with Crippen LogP contribution in [0.15, 0.2) is 55.0 Å². The van der Waals surface area contributed by atoms with Crippen LogP contribution >= 0.6 is 0 Å². The Balaban J connectivity index is 1.39. The van der Waals surface area contributed by atoms with Gasteiger partial charge in [-0.05, 0) is 43.5 Å². The van der Waals surface area contributed by atoms with Crippen molar-refractivity contribution in [3.05, 3.63) is 71.7 Å². The first kappa shape index (κ1) is 20.3. The number of rotatable bonds is 9. The fourth-order valence-electron chi connectivity index (χ4n) is 2.86. The van der Waals surface area contributed by atoms with Gasteiger partial charge in [0.1, 0.15) is 23.8 Å². The van der Waals surface area contributed by atoms with Crippen LogP contribution in [0.2, 0.25) is 0 Å². The second-order valence-corrected chi connectivity index (χ2v) is 6.90. The Morgan fingerprint density at radius 1 is 0.897 bits per heavy atom. The van der Waals surface area contributed by atoms with Crippen LogP contribution in [0.5, 0.6) is 0 Å².